The molecule has 1 aromatic heterocycles. The molecule has 4 rings (SSSR count). The highest BCUT2D eigenvalue weighted by atomic mass is 16.2. The number of benzene rings is 2. The van der Waals surface area contributed by atoms with Gasteiger partial charge < -0.3 is 5.32 Å². The third-order valence-electron chi connectivity index (χ3n) is 5.93. The number of piperidine rings is 1. The highest BCUT2D eigenvalue weighted by Crippen LogP contribution is 2.21. The third kappa shape index (κ3) is 4.09. The highest BCUT2D eigenvalue weighted by molar-refractivity contribution is 5.93. The molecule has 30 heavy (non-hydrogen) atoms. The van der Waals surface area contributed by atoms with E-state index in [1.165, 1.54) is 5.56 Å². The van der Waals surface area contributed by atoms with Gasteiger partial charge in [-0.05, 0) is 44.0 Å². The van der Waals surface area contributed by atoms with Gasteiger partial charge in [0.2, 0.25) is 5.91 Å². The van der Waals surface area contributed by atoms with Gasteiger partial charge in [0.05, 0.1) is 17.3 Å². The zero-order valence-corrected chi connectivity index (χ0v) is 17.5. The minimum Gasteiger partial charge on any atom is -0.320 e. The number of carbonyl (C=O) groups excluding carboxylic acids is 1. The number of carbonyl (C=O) groups is 1. The van der Waals surface area contributed by atoms with E-state index in [4.69, 9.17) is 0 Å². The lowest BCUT2D eigenvalue weighted by Crippen LogP contribution is -2.40. The molecule has 3 aromatic rings. The molecule has 1 unspecified atom stereocenters. The lowest BCUT2D eigenvalue weighted by molar-refractivity contribution is -0.121. The average Bonchev–Trinajstić information content (AvgIpc) is 2.98. The lowest BCUT2D eigenvalue weighted by atomic mass is 9.96. The number of hydrogen-bond donors (Lipinski definition) is 1. The number of aromatic nitrogens is 2. The van der Waals surface area contributed by atoms with Crippen LogP contribution in [0.2, 0.25) is 0 Å². The summed E-state index contributed by atoms with van der Waals surface area (Å²) in [5.41, 5.74) is 2.94. The van der Waals surface area contributed by atoms with E-state index in [2.05, 4.69) is 22.3 Å². The first-order valence-electron chi connectivity index (χ1n) is 10.5. The Kier molecular flexibility index (Phi) is 5.86. The Labute approximate surface area is 176 Å². The van der Waals surface area contributed by atoms with Crippen LogP contribution in [0.15, 0.2) is 65.5 Å². The van der Waals surface area contributed by atoms with Gasteiger partial charge in [-0.15, -0.1) is 0 Å². The van der Waals surface area contributed by atoms with Gasteiger partial charge in [-0.1, -0.05) is 48.5 Å². The number of anilines is 1. The molecule has 1 N–H and O–H groups in total. The van der Waals surface area contributed by atoms with Gasteiger partial charge in [0.1, 0.15) is 5.69 Å². The number of nitrogens with one attached hydrogen (secondary N) is 1. The molecular formula is C24H28N4O2. The van der Waals surface area contributed by atoms with E-state index in [9.17, 15) is 9.59 Å². The predicted molar refractivity (Wildman–Crippen MR) is 119 cm³/mol. The van der Waals surface area contributed by atoms with Crippen LogP contribution >= 0.6 is 0 Å². The average molecular weight is 405 g/mol. The summed E-state index contributed by atoms with van der Waals surface area (Å²) in [7, 11) is 1.83. The Morgan fingerprint density at radius 1 is 1.07 bits per heavy atom. The Balaban J connectivity index is 1.49. The number of nitrogens with zero attached hydrogens (tertiary/aromatic N) is 3. The predicted octanol–water partition coefficient (Wildman–Crippen LogP) is 3.34. The van der Waals surface area contributed by atoms with Gasteiger partial charge in [-0.3, -0.25) is 19.2 Å². The summed E-state index contributed by atoms with van der Waals surface area (Å²) in [4.78, 5) is 28.4. The van der Waals surface area contributed by atoms with E-state index in [1.54, 1.807) is 9.36 Å². The highest BCUT2D eigenvalue weighted by Gasteiger charge is 2.28. The maximum Gasteiger partial charge on any atom is 0.295 e. The quantitative estimate of drug-likeness (QED) is 0.710. The summed E-state index contributed by atoms with van der Waals surface area (Å²) in [6.45, 7) is 4.40. The fraction of sp³-hybridized carbons (Fsp3) is 0.333. The molecule has 2 aromatic carbocycles. The Hall–Kier alpha value is -3.12. The molecule has 0 radical (unpaired) electrons. The van der Waals surface area contributed by atoms with Gasteiger partial charge in [0, 0.05) is 20.1 Å². The second kappa shape index (κ2) is 8.71. The number of amides is 1. The van der Waals surface area contributed by atoms with Crippen LogP contribution in [0.4, 0.5) is 5.69 Å². The molecule has 0 saturated carbocycles. The van der Waals surface area contributed by atoms with Crippen molar-refractivity contribution in [1.82, 2.24) is 14.3 Å². The van der Waals surface area contributed by atoms with Crippen molar-refractivity contribution in [3.63, 3.8) is 0 Å². The SMILES string of the molecule is Cc1c(NC(=O)C2CCCN(Cc3ccccc3)C2)c(=O)n(-c2ccccc2)n1C. The summed E-state index contributed by atoms with van der Waals surface area (Å²) < 4.78 is 3.38. The van der Waals surface area contributed by atoms with Crippen LogP contribution in [-0.2, 0) is 18.4 Å². The van der Waals surface area contributed by atoms with Crippen molar-refractivity contribution in [1.29, 1.82) is 0 Å². The Morgan fingerprint density at radius 2 is 1.73 bits per heavy atom. The van der Waals surface area contributed by atoms with Crippen molar-refractivity contribution >= 4 is 11.6 Å². The second-order valence-electron chi connectivity index (χ2n) is 7.99. The maximum absolute atomic E-state index is 13.1. The molecule has 1 fully saturated rings. The molecule has 1 aliphatic heterocycles. The summed E-state index contributed by atoms with van der Waals surface area (Å²) in [5.74, 6) is -0.189. The lowest BCUT2D eigenvalue weighted by Gasteiger charge is -2.31. The summed E-state index contributed by atoms with van der Waals surface area (Å²) >= 11 is 0. The van der Waals surface area contributed by atoms with Gasteiger partial charge in [-0.2, -0.15) is 0 Å². The molecule has 1 saturated heterocycles. The Bertz CT molecular complexity index is 1070. The van der Waals surface area contributed by atoms with Crippen LogP contribution in [0.25, 0.3) is 5.69 Å². The molecule has 6 heteroatoms. The standard InChI is InChI=1S/C24H28N4O2/c1-18-22(24(30)28(26(18)2)21-13-7-4-8-14-21)25-23(29)20-12-9-15-27(17-20)16-19-10-5-3-6-11-19/h3-8,10-11,13-14,20H,9,12,15-17H2,1-2H3,(H,25,29). The molecule has 1 amide bonds. The van der Waals surface area contributed by atoms with E-state index < -0.39 is 0 Å². The van der Waals surface area contributed by atoms with E-state index >= 15 is 0 Å². The number of para-hydroxylation sites is 1. The van der Waals surface area contributed by atoms with Crippen molar-refractivity contribution in [2.75, 3.05) is 18.4 Å². The number of likely N-dealkylation sites (tertiary alicyclic amines) is 1. The molecule has 6 nitrogen and oxygen atoms in total. The molecule has 156 valence electrons. The van der Waals surface area contributed by atoms with Crippen molar-refractivity contribution in [3.8, 4) is 5.69 Å². The zero-order chi connectivity index (χ0) is 21.1. The van der Waals surface area contributed by atoms with Crippen LogP contribution in [-0.4, -0.2) is 33.3 Å². The molecular weight excluding hydrogens is 376 g/mol. The molecule has 0 aliphatic carbocycles. The van der Waals surface area contributed by atoms with Crippen LogP contribution in [0.1, 0.15) is 24.1 Å². The fourth-order valence-electron chi connectivity index (χ4n) is 4.19. The largest absolute Gasteiger partial charge is 0.320 e. The van der Waals surface area contributed by atoms with Crippen LogP contribution in [0.3, 0.4) is 0 Å². The van der Waals surface area contributed by atoms with Crippen molar-refractivity contribution < 1.29 is 4.79 Å². The van der Waals surface area contributed by atoms with E-state index in [1.807, 2.05) is 62.5 Å². The van der Waals surface area contributed by atoms with Gasteiger partial charge in [-0.25, -0.2) is 4.68 Å². The first-order valence-corrected chi connectivity index (χ1v) is 10.5. The van der Waals surface area contributed by atoms with Crippen molar-refractivity contribution in [2.45, 2.75) is 26.3 Å². The molecule has 0 bridgehead atoms. The van der Waals surface area contributed by atoms with Gasteiger partial charge >= 0.3 is 0 Å². The summed E-state index contributed by atoms with van der Waals surface area (Å²) in [6.07, 6.45) is 1.82. The second-order valence-corrected chi connectivity index (χ2v) is 7.99. The summed E-state index contributed by atoms with van der Waals surface area (Å²) in [5, 5.41) is 2.94. The minimum absolute atomic E-state index is 0.0706. The Morgan fingerprint density at radius 3 is 2.43 bits per heavy atom. The zero-order valence-electron chi connectivity index (χ0n) is 17.5. The molecule has 0 spiro atoms. The molecule has 2 heterocycles. The minimum atomic E-state index is -0.202. The maximum atomic E-state index is 13.1. The van der Waals surface area contributed by atoms with Gasteiger partial charge in [0.15, 0.2) is 0 Å². The third-order valence-corrected chi connectivity index (χ3v) is 5.93. The van der Waals surface area contributed by atoms with Crippen LogP contribution < -0.4 is 10.9 Å². The van der Waals surface area contributed by atoms with Gasteiger partial charge in [0.25, 0.3) is 5.56 Å². The number of hydrogen-bond acceptors (Lipinski definition) is 3. The van der Waals surface area contributed by atoms with Crippen molar-refractivity contribution in [2.24, 2.45) is 13.0 Å². The smallest absolute Gasteiger partial charge is 0.295 e. The van der Waals surface area contributed by atoms with Crippen molar-refractivity contribution in [3.05, 3.63) is 82.3 Å². The summed E-state index contributed by atoms with van der Waals surface area (Å²) in [6, 6.07) is 19.8. The first kappa shape index (κ1) is 20.2. The number of rotatable bonds is 5. The first-order chi connectivity index (χ1) is 14.5. The van der Waals surface area contributed by atoms with E-state index in [-0.39, 0.29) is 17.4 Å². The normalized spacial score (nSPS) is 17.1. The monoisotopic (exact) mass is 404 g/mol. The topological polar surface area (TPSA) is 59.3 Å². The molecule has 1 aliphatic rings. The van der Waals surface area contributed by atoms with Crippen LogP contribution in [0, 0.1) is 12.8 Å². The fourth-order valence-corrected chi connectivity index (χ4v) is 4.19. The van der Waals surface area contributed by atoms with E-state index in [0.29, 0.717) is 12.2 Å². The van der Waals surface area contributed by atoms with E-state index in [0.717, 1.165) is 37.3 Å². The van der Waals surface area contributed by atoms with Crippen LogP contribution in [0.5, 0.6) is 0 Å². The molecule has 1 atom stereocenters.